The smallest absolute Gasteiger partial charge is 0.300 e. The molecular weight excluding hydrogens is 464 g/mol. The zero-order chi connectivity index (χ0) is 25.1. The molecule has 0 spiro atoms. The van der Waals surface area contributed by atoms with Crippen LogP contribution < -0.4 is 14.5 Å². The SMILES string of the molecule is CCN(CC)c1ccc(N2C(=O)C(=O)/C(=C(/O)c3ccc(Cl)cc3)C2c2ccc(OC)cc2)cc1. The summed E-state index contributed by atoms with van der Waals surface area (Å²) in [4.78, 5) is 30.2. The highest BCUT2D eigenvalue weighted by Gasteiger charge is 2.47. The van der Waals surface area contributed by atoms with E-state index < -0.39 is 17.7 Å². The van der Waals surface area contributed by atoms with Crippen molar-refractivity contribution in [3.63, 3.8) is 0 Å². The number of benzene rings is 3. The molecule has 0 aliphatic carbocycles. The second-order valence-electron chi connectivity index (χ2n) is 8.14. The Bertz CT molecular complexity index is 1250. The third-order valence-electron chi connectivity index (χ3n) is 6.25. The van der Waals surface area contributed by atoms with Crippen LogP contribution in [0.1, 0.15) is 31.0 Å². The highest BCUT2D eigenvalue weighted by Crippen LogP contribution is 2.42. The Morgan fingerprint density at radius 2 is 1.54 bits per heavy atom. The molecule has 0 radical (unpaired) electrons. The van der Waals surface area contributed by atoms with Crippen molar-refractivity contribution in [1.29, 1.82) is 0 Å². The molecular formula is C28H27ClN2O4. The van der Waals surface area contributed by atoms with Crippen LogP contribution in [0.25, 0.3) is 5.76 Å². The Kier molecular flexibility index (Phi) is 7.12. The largest absolute Gasteiger partial charge is 0.507 e. The van der Waals surface area contributed by atoms with Crippen LogP contribution in [0, 0.1) is 0 Å². The molecule has 3 aromatic carbocycles. The van der Waals surface area contributed by atoms with Gasteiger partial charge in [0, 0.05) is 35.1 Å². The number of anilines is 2. The molecule has 180 valence electrons. The fourth-order valence-electron chi connectivity index (χ4n) is 4.38. The minimum absolute atomic E-state index is 0.0234. The van der Waals surface area contributed by atoms with Gasteiger partial charge in [-0.1, -0.05) is 23.7 Å². The number of aliphatic hydroxyl groups excluding tert-OH is 1. The van der Waals surface area contributed by atoms with Gasteiger partial charge in [-0.15, -0.1) is 0 Å². The van der Waals surface area contributed by atoms with Gasteiger partial charge in [-0.2, -0.15) is 0 Å². The van der Waals surface area contributed by atoms with E-state index in [1.807, 2.05) is 24.3 Å². The van der Waals surface area contributed by atoms with E-state index in [0.29, 0.717) is 27.6 Å². The second-order valence-corrected chi connectivity index (χ2v) is 8.57. The fourth-order valence-corrected chi connectivity index (χ4v) is 4.50. The first-order valence-corrected chi connectivity index (χ1v) is 11.8. The molecule has 35 heavy (non-hydrogen) atoms. The molecule has 0 aromatic heterocycles. The predicted molar refractivity (Wildman–Crippen MR) is 139 cm³/mol. The Labute approximate surface area is 210 Å². The van der Waals surface area contributed by atoms with Crippen LogP contribution in [0.5, 0.6) is 5.75 Å². The maximum absolute atomic E-state index is 13.3. The first-order chi connectivity index (χ1) is 16.9. The first kappa shape index (κ1) is 24.4. The molecule has 0 bridgehead atoms. The number of carbonyl (C=O) groups is 2. The van der Waals surface area contributed by atoms with Crippen molar-refractivity contribution in [2.45, 2.75) is 19.9 Å². The lowest BCUT2D eigenvalue weighted by Crippen LogP contribution is -2.29. The van der Waals surface area contributed by atoms with E-state index in [-0.39, 0.29) is 11.3 Å². The van der Waals surface area contributed by atoms with Gasteiger partial charge in [-0.05, 0) is 80.1 Å². The second kappa shape index (κ2) is 10.2. The van der Waals surface area contributed by atoms with Crippen molar-refractivity contribution in [1.82, 2.24) is 0 Å². The third-order valence-corrected chi connectivity index (χ3v) is 6.50. The van der Waals surface area contributed by atoms with Gasteiger partial charge in [0.25, 0.3) is 11.7 Å². The van der Waals surface area contributed by atoms with Gasteiger partial charge in [-0.3, -0.25) is 14.5 Å². The summed E-state index contributed by atoms with van der Waals surface area (Å²) in [5.41, 5.74) is 2.70. The van der Waals surface area contributed by atoms with E-state index >= 15 is 0 Å². The van der Waals surface area contributed by atoms with E-state index in [9.17, 15) is 14.7 Å². The van der Waals surface area contributed by atoms with Gasteiger partial charge < -0.3 is 14.7 Å². The van der Waals surface area contributed by atoms with Crippen molar-refractivity contribution in [3.8, 4) is 5.75 Å². The maximum Gasteiger partial charge on any atom is 0.300 e. The van der Waals surface area contributed by atoms with Gasteiger partial charge in [0.05, 0.1) is 18.7 Å². The lowest BCUT2D eigenvalue weighted by atomic mass is 9.95. The molecule has 1 heterocycles. The summed E-state index contributed by atoms with van der Waals surface area (Å²) in [6.45, 7) is 5.87. The molecule has 0 saturated carbocycles. The van der Waals surface area contributed by atoms with Gasteiger partial charge in [0.15, 0.2) is 0 Å². The highest BCUT2D eigenvalue weighted by atomic mass is 35.5. The molecule has 1 aliphatic rings. The molecule has 1 fully saturated rings. The average molecular weight is 491 g/mol. The van der Waals surface area contributed by atoms with Gasteiger partial charge in [0.1, 0.15) is 11.5 Å². The van der Waals surface area contributed by atoms with Crippen LogP contribution >= 0.6 is 11.6 Å². The summed E-state index contributed by atoms with van der Waals surface area (Å²) >= 11 is 6.00. The standard InChI is InChI=1S/C28H27ClN2O4/c1-4-30(5-2)21-12-14-22(15-13-21)31-25(18-8-16-23(35-3)17-9-18)24(27(33)28(31)34)26(32)19-6-10-20(29)11-7-19/h6-17,25,32H,4-5H2,1-3H3/b26-24+. The number of Topliss-reactive ketones (excluding diaryl/α,β-unsaturated/α-hetero) is 1. The van der Waals surface area contributed by atoms with E-state index in [4.69, 9.17) is 16.3 Å². The summed E-state index contributed by atoms with van der Waals surface area (Å²) in [5, 5.41) is 11.7. The summed E-state index contributed by atoms with van der Waals surface area (Å²) in [6, 6.07) is 20.3. The van der Waals surface area contributed by atoms with Gasteiger partial charge in [0.2, 0.25) is 0 Å². The first-order valence-electron chi connectivity index (χ1n) is 11.5. The molecule has 1 aliphatic heterocycles. The predicted octanol–water partition coefficient (Wildman–Crippen LogP) is 5.82. The number of ether oxygens (including phenoxy) is 1. The summed E-state index contributed by atoms with van der Waals surface area (Å²) in [5.74, 6) is -1.04. The number of carbonyl (C=O) groups excluding carboxylic acids is 2. The van der Waals surface area contributed by atoms with Gasteiger partial charge in [-0.25, -0.2) is 0 Å². The molecule has 4 rings (SSSR count). The third kappa shape index (κ3) is 4.62. The number of rotatable bonds is 7. The molecule has 7 heteroatoms. The van der Waals surface area contributed by atoms with E-state index in [0.717, 1.165) is 18.8 Å². The Balaban J connectivity index is 1.86. The zero-order valence-corrected chi connectivity index (χ0v) is 20.6. The minimum atomic E-state index is -0.809. The molecule has 1 atom stereocenters. The average Bonchev–Trinajstić information content (AvgIpc) is 3.15. The lowest BCUT2D eigenvalue weighted by Gasteiger charge is -2.27. The fraction of sp³-hybridized carbons (Fsp3) is 0.214. The monoisotopic (exact) mass is 490 g/mol. The highest BCUT2D eigenvalue weighted by molar-refractivity contribution is 6.51. The van der Waals surface area contributed by atoms with Crippen LogP contribution in [0.2, 0.25) is 5.02 Å². The van der Waals surface area contributed by atoms with E-state index in [1.54, 1.807) is 55.6 Å². The number of hydrogen-bond donors (Lipinski definition) is 1. The quantitative estimate of drug-likeness (QED) is 0.257. The van der Waals surface area contributed by atoms with Crippen molar-refractivity contribution in [3.05, 3.63) is 94.5 Å². The van der Waals surface area contributed by atoms with Crippen LogP contribution in [0.15, 0.2) is 78.4 Å². The summed E-state index contributed by atoms with van der Waals surface area (Å²) in [6.07, 6.45) is 0. The number of amides is 1. The van der Waals surface area contributed by atoms with Gasteiger partial charge >= 0.3 is 0 Å². The van der Waals surface area contributed by atoms with E-state index in [1.165, 1.54) is 4.90 Å². The Morgan fingerprint density at radius 1 is 0.943 bits per heavy atom. The van der Waals surface area contributed by atoms with Crippen molar-refractivity contribution < 1.29 is 19.4 Å². The van der Waals surface area contributed by atoms with E-state index in [2.05, 4.69) is 18.7 Å². The number of nitrogens with zero attached hydrogens (tertiary/aromatic N) is 2. The van der Waals surface area contributed by atoms with Crippen molar-refractivity contribution in [2.24, 2.45) is 0 Å². The molecule has 1 saturated heterocycles. The van der Waals surface area contributed by atoms with Crippen LogP contribution in [0.3, 0.4) is 0 Å². The zero-order valence-electron chi connectivity index (χ0n) is 19.9. The lowest BCUT2D eigenvalue weighted by molar-refractivity contribution is -0.132. The maximum atomic E-state index is 13.3. The number of aliphatic hydroxyl groups is 1. The number of halogens is 1. The van der Waals surface area contributed by atoms with Crippen LogP contribution in [0.4, 0.5) is 11.4 Å². The molecule has 1 unspecified atom stereocenters. The number of hydrogen-bond acceptors (Lipinski definition) is 5. The molecule has 3 aromatic rings. The molecule has 6 nitrogen and oxygen atoms in total. The van der Waals surface area contributed by atoms with Crippen LogP contribution in [-0.2, 0) is 9.59 Å². The topological polar surface area (TPSA) is 70.1 Å². The van der Waals surface area contributed by atoms with Crippen molar-refractivity contribution >= 4 is 40.4 Å². The molecule has 1 amide bonds. The number of ketones is 1. The Hall–Kier alpha value is -3.77. The molecule has 1 N–H and O–H groups in total. The van der Waals surface area contributed by atoms with Crippen LogP contribution in [-0.4, -0.2) is 37.0 Å². The summed E-state index contributed by atoms with van der Waals surface area (Å²) < 4.78 is 5.27. The minimum Gasteiger partial charge on any atom is -0.507 e. The normalized spacial score (nSPS) is 17.0. The number of methoxy groups -OCH3 is 1. The van der Waals surface area contributed by atoms with Crippen molar-refractivity contribution in [2.75, 3.05) is 30.0 Å². The Morgan fingerprint density at radius 3 is 2.09 bits per heavy atom. The summed E-state index contributed by atoms with van der Waals surface area (Å²) in [7, 11) is 1.57.